The number of carbonyl (C=O) groups is 1. The first-order chi connectivity index (χ1) is 13.2. The Balaban J connectivity index is 1.22. The van der Waals surface area contributed by atoms with Crippen LogP contribution in [0.1, 0.15) is 61.8 Å². The van der Waals surface area contributed by atoms with Gasteiger partial charge in [-0.05, 0) is 44.2 Å². The molecule has 0 spiro atoms. The van der Waals surface area contributed by atoms with Crippen LogP contribution >= 0.6 is 0 Å². The number of aryl methyl sites for hydroxylation is 1. The molecule has 0 unspecified atom stereocenters. The van der Waals surface area contributed by atoms with E-state index in [2.05, 4.69) is 41.4 Å². The SMILES string of the molecule is C[C@@H]1c2nc(C3CC3)nn2CCN1C(=O)CCCc1c[nH]c2ccccc12. The van der Waals surface area contributed by atoms with E-state index in [0.29, 0.717) is 12.3 Å². The third-order valence-corrected chi connectivity index (χ3v) is 5.89. The van der Waals surface area contributed by atoms with Crippen molar-refractivity contribution in [2.75, 3.05) is 6.54 Å². The van der Waals surface area contributed by atoms with E-state index in [1.807, 2.05) is 15.6 Å². The molecule has 1 aliphatic carbocycles. The van der Waals surface area contributed by atoms with Gasteiger partial charge in [0.25, 0.3) is 0 Å². The number of aromatic nitrogens is 4. The van der Waals surface area contributed by atoms with E-state index >= 15 is 0 Å². The van der Waals surface area contributed by atoms with E-state index in [4.69, 9.17) is 4.98 Å². The first-order valence-electron chi connectivity index (χ1n) is 10.00. The normalized spacial score (nSPS) is 19.4. The molecule has 2 aliphatic rings. The topological polar surface area (TPSA) is 66.8 Å². The first-order valence-corrected chi connectivity index (χ1v) is 10.00. The quantitative estimate of drug-likeness (QED) is 0.754. The summed E-state index contributed by atoms with van der Waals surface area (Å²) >= 11 is 0. The van der Waals surface area contributed by atoms with E-state index < -0.39 is 0 Å². The van der Waals surface area contributed by atoms with E-state index in [1.54, 1.807) is 0 Å². The van der Waals surface area contributed by atoms with Crippen molar-refractivity contribution in [1.82, 2.24) is 24.6 Å². The van der Waals surface area contributed by atoms with E-state index in [9.17, 15) is 4.79 Å². The minimum atomic E-state index is 0.0133. The van der Waals surface area contributed by atoms with Crippen molar-refractivity contribution in [1.29, 1.82) is 0 Å². The maximum Gasteiger partial charge on any atom is 0.223 e. The number of amides is 1. The Hall–Kier alpha value is -2.63. The summed E-state index contributed by atoms with van der Waals surface area (Å²) in [6, 6.07) is 8.34. The second kappa shape index (κ2) is 6.51. The fraction of sp³-hybridized carbons (Fsp3) is 0.476. The monoisotopic (exact) mass is 363 g/mol. The summed E-state index contributed by atoms with van der Waals surface area (Å²) in [4.78, 5) is 22.9. The maximum atomic E-state index is 12.8. The van der Waals surface area contributed by atoms with Gasteiger partial charge in [-0.3, -0.25) is 4.79 Å². The van der Waals surface area contributed by atoms with Gasteiger partial charge >= 0.3 is 0 Å². The van der Waals surface area contributed by atoms with Crippen molar-refractivity contribution in [2.24, 2.45) is 0 Å². The average Bonchev–Trinajstić information content (AvgIpc) is 3.31. The molecular weight excluding hydrogens is 338 g/mol. The molecular formula is C21H25N5O. The fourth-order valence-electron chi connectivity index (χ4n) is 4.15. The van der Waals surface area contributed by atoms with Gasteiger partial charge in [-0.2, -0.15) is 5.10 Å². The number of H-pyrrole nitrogens is 1. The molecule has 3 heterocycles. The Labute approximate surface area is 158 Å². The van der Waals surface area contributed by atoms with Crippen molar-refractivity contribution in [2.45, 2.75) is 57.5 Å². The molecule has 1 atom stereocenters. The predicted octanol–water partition coefficient (Wildman–Crippen LogP) is 3.56. The van der Waals surface area contributed by atoms with Gasteiger partial charge in [-0.1, -0.05) is 18.2 Å². The molecule has 140 valence electrons. The molecule has 6 nitrogen and oxygen atoms in total. The minimum Gasteiger partial charge on any atom is -0.361 e. The highest BCUT2D eigenvalue weighted by atomic mass is 16.2. The third kappa shape index (κ3) is 3.03. The molecule has 1 saturated carbocycles. The highest BCUT2D eigenvalue weighted by Gasteiger charge is 2.34. The summed E-state index contributed by atoms with van der Waals surface area (Å²) in [6.07, 6.45) is 6.83. The third-order valence-electron chi connectivity index (χ3n) is 5.89. The fourth-order valence-corrected chi connectivity index (χ4v) is 4.15. The van der Waals surface area contributed by atoms with Crippen molar-refractivity contribution in [3.05, 3.63) is 47.7 Å². The zero-order valence-corrected chi connectivity index (χ0v) is 15.7. The van der Waals surface area contributed by atoms with Crippen molar-refractivity contribution in [3.63, 3.8) is 0 Å². The van der Waals surface area contributed by atoms with Gasteiger partial charge in [0.2, 0.25) is 5.91 Å². The summed E-state index contributed by atoms with van der Waals surface area (Å²) in [5.74, 6) is 2.71. The van der Waals surface area contributed by atoms with E-state index in [-0.39, 0.29) is 11.9 Å². The average molecular weight is 363 g/mol. The number of hydrogen-bond donors (Lipinski definition) is 1. The number of nitrogens with one attached hydrogen (secondary N) is 1. The number of para-hydroxylation sites is 1. The molecule has 6 heteroatoms. The smallest absolute Gasteiger partial charge is 0.223 e. The zero-order valence-electron chi connectivity index (χ0n) is 15.7. The highest BCUT2D eigenvalue weighted by Crippen LogP contribution is 2.39. The molecule has 2 aromatic heterocycles. The van der Waals surface area contributed by atoms with Crippen LogP contribution in [-0.4, -0.2) is 37.1 Å². The molecule has 27 heavy (non-hydrogen) atoms. The van der Waals surface area contributed by atoms with Crippen LogP contribution in [0.25, 0.3) is 10.9 Å². The summed E-state index contributed by atoms with van der Waals surface area (Å²) in [5, 5.41) is 5.91. The molecule has 5 rings (SSSR count). The van der Waals surface area contributed by atoms with Crippen LogP contribution in [0.15, 0.2) is 30.5 Å². The number of fused-ring (bicyclic) bond motifs is 2. The van der Waals surface area contributed by atoms with Gasteiger partial charge in [0.05, 0.1) is 12.6 Å². The van der Waals surface area contributed by atoms with Crippen molar-refractivity contribution >= 4 is 16.8 Å². The molecule has 3 aromatic rings. The van der Waals surface area contributed by atoms with Crippen LogP contribution in [0.2, 0.25) is 0 Å². The van der Waals surface area contributed by atoms with E-state index in [0.717, 1.165) is 43.1 Å². The summed E-state index contributed by atoms with van der Waals surface area (Å²) in [7, 11) is 0. The standard InChI is InChI=1S/C21H25N5O/c1-14-21-23-20(15-9-10-15)24-26(21)12-11-25(14)19(27)8-4-5-16-13-22-18-7-3-2-6-17(16)18/h2-3,6-7,13-15,22H,4-5,8-12H2,1H3/t14-/m1/s1. The Bertz CT molecular complexity index is 984. The largest absolute Gasteiger partial charge is 0.361 e. The van der Waals surface area contributed by atoms with E-state index in [1.165, 1.54) is 23.8 Å². The predicted molar refractivity (Wildman–Crippen MR) is 103 cm³/mol. The Morgan fingerprint density at radius 1 is 1.26 bits per heavy atom. The Morgan fingerprint density at radius 2 is 2.11 bits per heavy atom. The molecule has 0 saturated heterocycles. The molecule has 1 N–H and O–H groups in total. The minimum absolute atomic E-state index is 0.0133. The number of rotatable bonds is 5. The lowest BCUT2D eigenvalue weighted by atomic mass is 10.1. The number of nitrogens with zero attached hydrogens (tertiary/aromatic N) is 4. The Morgan fingerprint density at radius 3 is 2.96 bits per heavy atom. The molecule has 1 amide bonds. The second-order valence-electron chi connectivity index (χ2n) is 7.80. The molecule has 1 aromatic carbocycles. The number of hydrogen-bond acceptors (Lipinski definition) is 3. The van der Waals surface area contributed by atoms with Gasteiger partial charge in [-0.25, -0.2) is 9.67 Å². The van der Waals surface area contributed by atoms with Gasteiger partial charge < -0.3 is 9.88 Å². The van der Waals surface area contributed by atoms with Crippen molar-refractivity contribution < 1.29 is 4.79 Å². The van der Waals surface area contributed by atoms with Gasteiger partial charge in [0.15, 0.2) is 5.82 Å². The Kier molecular flexibility index (Phi) is 3.99. The highest BCUT2D eigenvalue weighted by molar-refractivity contribution is 5.83. The number of aromatic amines is 1. The van der Waals surface area contributed by atoms with Gasteiger partial charge in [0.1, 0.15) is 5.82 Å². The summed E-state index contributed by atoms with van der Waals surface area (Å²) < 4.78 is 2.01. The molecule has 0 bridgehead atoms. The van der Waals surface area contributed by atoms with Crippen LogP contribution in [0.4, 0.5) is 0 Å². The van der Waals surface area contributed by atoms with Crippen LogP contribution in [0.5, 0.6) is 0 Å². The second-order valence-corrected chi connectivity index (χ2v) is 7.80. The van der Waals surface area contributed by atoms with Crippen LogP contribution < -0.4 is 0 Å². The molecule has 1 aliphatic heterocycles. The summed E-state index contributed by atoms with van der Waals surface area (Å²) in [5.41, 5.74) is 2.45. The maximum absolute atomic E-state index is 12.8. The lowest BCUT2D eigenvalue weighted by molar-refractivity contribution is -0.134. The van der Waals surface area contributed by atoms with Crippen LogP contribution in [0.3, 0.4) is 0 Å². The van der Waals surface area contributed by atoms with Crippen molar-refractivity contribution in [3.8, 4) is 0 Å². The number of benzene rings is 1. The molecule has 1 fully saturated rings. The lowest BCUT2D eigenvalue weighted by Crippen LogP contribution is -2.41. The molecule has 0 radical (unpaired) electrons. The van der Waals surface area contributed by atoms with Gasteiger partial charge in [0, 0.05) is 36.0 Å². The zero-order chi connectivity index (χ0) is 18.4. The lowest BCUT2D eigenvalue weighted by Gasteiger charge is -2.33. The van der Waals surface area contributed by atoms with Crippen LogP contribution in [-0.2, 0) is 17.8 Å². The van der Waals surface area contributed by atoms with Gasteiger partial charge in [-0.15, -0.1) is 0 Å². The first kappa shape index (κ1) is 16.5. The number of carbonyl (C=O) groups excluding carboxylic acids is 1. The van der Waals surface area contributed by atoms with Crippen LogP contribution in [0, 0.1) is 0 Å². The summed E-state index contributed by atoms with van der Waals surface area (Å²) in [6.45, 7) is 3.56.